The van der Waals surface area contributed by atoms with Crippen LogP contribution in [0.2, 0.25) is 0 Å². The van der Waals surface area contributed by atoms with E-state index in [0.29, 0.717) is 19.3 Å². The van der Waals surface area contributed by atoms with Crippen LogP contribution in [0.25, 0.3) is 0 Å². The second kappa shape index (κ2) is 9.35. The third-order valence-electron chi connectivity index (χ3n) is 4.56. The summed E-state index contributed by atoms with van der Waals surface area (Å²) in [7, 11) is 0. The van der Waals surface area contributed by atoms with E-state index in [9.17, 15) is 15.0 Å². The second-order valence-electron chi connectivity index (χ2n) is 6.40. The van der Waals surface area contributed by atoms with Gasteiger partial charge in [0.2, 0.25) is 5.91 Å². The van der Waals surface area contributed by atoms with Gasteiger partial charge in [0, 0.05) is 18.9 Å². The molecule has 1 saturated carbocycles. The molecule has 0 saturated heterocycles. The minimum atomic E-state index is -0.667. The number of hydrogen-bond donors (Lipinski definition) is 3. The van der Waals surface area contributed by atoms with Crippen LogP contribution in [0, 0.1) is 5.92 Å². The van der Waals surface area contributed by atoms with E-state index >= 15 is 0 Å². The van der Waals surface area contributed by atoms with Gasteiger partial charge in [-0.15, -0.1) is 0 Å². The van der Waals surface area contributed by atoms with E-state index in [1.54, 1.807) is 0 Å². The molecule has 0 aromatic heterocycles. The predicted molar refractivity (Wildman–Crippen MR) is 99.9 cm³/mol. The van der Waals surface area contributed by atoms with Crippen LogP contribution < -0.4 is 5.32 Å². The second-order valence-corrected chi connectivity index (χ2v) is 6.40. The van der Waals surface area contributed by atoms with Crippen molar-refractivity contribution in [2.45, 2.75) is 38.3 Å². The minimum absolute atomic E-state index is 0.0501. The number of amides is 1. The molecule has 0 radical (unpaired) electrons. The third-order valence-corrected chi connectivity index (χ3v) is 4.56. The molecular weight excluding hydrogens is 314 g/mol. The molecule has 0 heterocycles. The minimum Gasteiger partial charge on any atom is -0.396 e. The van der Waals surface area contributed by atoms with Crippen molar-refractivity contribution in [1.82, 2.24) is 5.32 Å². The first-order valence-electron chi connectivity index (χ1n) is 8.71. The number of rotatable bonds is 7. The summed E-state index contributed by atoms with van der Waals surface area (Å²) in [6.07, 6.45) is 6.50. The fourth-order valence-corrected chi connectivity index (χ4v) is 3.13. The molecule has 4 heteroatoms. The van der Waals surface area contributed by atoms with Gasteiger partial charge in [0.15, 0.2) is 0 Å². The van der Waals surface area contributed by atoms with Crippen LogP contribution in [0.1, 0.15) is 25.3 Å². The molecule has 1 aromatic rings. The summed E-state index contributed by atoms with van der Waals surface area (Å²) in [6.45, 7) is 5.91. The number of aliphatic hydroxyl groups excluding tert-OH is 2. The molecule has 134 valence electrons. The van der Waals surface area contributed by atoms with Crippen LogP contribution in [-0.4, -0.2) is 34.9 Å². The van der Waals surface area contributed by atoms with E-state index in [0.717, 1.165) is 16.7 Å². The Labute approximate surface area is 149 Å². The smallest absolute Gasteiger partial charge is 0.224 e. The molecule has 0 bridgehead atoms. The van der Waals surface area contributed by atoms with E-state index in [2.05, 4.69) is 11.9 Å². The van der Waals surface area contributed by atoms with Gasteiger partial charge in [-0.2, -0.15) is 0 Å². The molecule has 1 aliphatic rings. The van der Waals surface area contributed by atoms with Crippen molar-refractivity contribution in [3.63, 3.8) is 0 Å². The average molecular weight is 341 g/mol. The number of hydrogen-bond acceptors (Lipinski definition) is 3. The van der Waals surface area contributed by atoms with E-state index in [1.165, 1.54) is 0 Å². The van der Waals surface area contributed by atoms with E-state index in [-0.39, 0.29) is 18.4 Å². The zero-order chi connectivity index (χ0) is 18.2. The maximum absolute atomic E-state index is 12.7. The van der Waals surface area contributed by atoms with Crippen molar-refractivity contribution < 1.29 is 15.0 Å². The first-order chi connectivity index (χ1) is 12.1. The van der Waals surface area contributed by atoms with Gasteiger partial charge in [-0.05, 0) is 36.5 Å². The Hall–Kier alpha value is -2.17. The quantitative estimate of drug-likeness (QED) is 0.714. The molecule has 0 spiro atoms. The summed E-state index contributed by atoms with van der Waals surface area (Å²) < 4.78 is 0. The van der Waals surface area contributed by atoms with Gasteiger partial charge in [0.1, 0.15) is 0 Å². The molecule has 0 unspecified atom stereocenters. The van der Waals surface area contributed by atoms with Crippen molar-refractivity contribution in [3.8, 4) is 0 Å². The zero-order valence-electron chi connectivity index (χ0n) is 14.7. The number of carbonyl (C=O) groups is 1. The third kappa shape index (κ3) is 5.15. The van der Waals surface area contributed by atoms with E-state index in [4.69, 9.17) is 0 Å². The Morgan fingerprint density at radius 1 is 1.40 bits per heavy atom. The molecule has 0 aliphatic heterocycles. The van der Waals surface area contributed by atoms with Crippen molar-refractivity contribution in [3.05, 3.63) is 71.8 Å². The highest BCUT2D eigenvalue weighted by atomic mass is 16.3. The van der Waals surface area contributed by atoms with Gasteiger partial charge in [0.05, 0.1) is 12.1 Å². The summed E-state index contributed by atoms with van der Waals surface area (Å²) in [4.78, 5) is 12.7. The predicted octanol–water partition coefficient (Wildman–Crippen LogP) is 2.54. The monoisotopic (exact) mass is 341 g/mol. The van der Waals surface area contributed by atoms with Crippen LogP contribution in [0.4, 0.5) is 0 Å². The molecule has 1 amide bonds. The highest BCUT2D eigenvalue weighted by Gasteiger charge is 2.34. The fourth-order valence-electron chi connectivity index (χ4n) is 3.13. The van der Waals surface area contributed by atoms with Gasteiger partial charge in [0.25, 0.3) is 0 Å². The average Bonchev–Trinajstić information content (AvgIpc) is 2.88. The van der Waals surface area contributed by atoms with Crippen molar-refractivity contribution in [1.29, 1.82) is 0 Å². The van der Waals surface area contributed by atoms with Crippen molar-refractivity contribution in [2.75, 3.05) is 6.61 Å². The molecule has 25 heavy (non-hydrogen) atoms. The lowest BCUT2D eigenvalue weighted by Crippen LogP contribution is -2.44. The first-order valence-corrected chi connectivity index (χ1v) is 8.71. The van der Waals surface area contributed by atoms with E-state index < -0.39 is 12.1 Å². The van der Waals surface area contributed by atoms with Gasteiger partial charge >= 0.3 is 0 Å². The molecular formula is C21H27NO3. The number of aliphatic hydroxyl groups is 2. The normalized spacial score (nSPS) is 23.3. The Balaban J connectivity index is 2.06. The standard InChI is InChI=1S/C21H27NO3/c1-3-4-10-17-14-19(24)20(15(17)2)22-21(25)18(11-12-23)13-16-8-6-5-7-9-16/h3-10,18-20,23-24H,2,11-14H2,1H3,(H,22,25)/b4-3-,17-10-/t18-,19+,20-/m0/s1. The molecule has 1 aromatic carbocycles. The van der Waals surface area contributed by atoms with Crippen LogP contribution >= 0.6 is 0 Å². The Morgan fingerprint density at radius 2 is 2.12 bits per heavy atom. The molecule has 2 rings (SSSR count). The van der Waals surface area contributed by atoms with Crippen LogP contribution in [0.5, 0.6) is 0 Å². The first kappa shape index (κ1) is 19.2. The number of allylic oxidation sites excluding steroid dienone is 3. The molecule has 4 nitrogen and oxygen atoms in total. The molecule has 1 aliphatic carbocycles. The van der Waals surface area contributed by atoms with Crippen LogP contribution in [0.15, 0.2) is 66.3 Å². The maximum atomic E-state index is 12.7. The Morgan fingerprint density at radius 3 is 2.76 bits per heavy atom. The fraction of sp³-hybridized carbons (Fsp3) is 0.381. The molecule has 3 atom stereocenters. The SMILES string of the molecule is C=C1/C(=C\C=C/C)C[C@@H](O)[C@H]1NC(=O)[C@@H](CCO)Cc1ccccc1. The van der Waals surface area contributed by atoms with Gasteiger partial charge in [-0.25, -0.2) is 0 Å². The largest absolute Gasteiger partial charge is 0.396 e. The maximum Gasteiger partial charge on any atom is 0.224 e. The van der Waals surface area contributed by atoms with Crippen LogP contribution in [0.3, 0.4) is 0 Å². The lowest BCUT2D eigenvalue weighted by molar-refractivity contribution is -0.126. The summed E-state index contributed by atoms with van der Waals surface area (Å²) >= 11 is 0. The highest BCUT2D eigenvalue weighted by molar-refractivity contribution is 5.80. The van der Waals surface area contributed by atoms with Gasteiger partial charge in [-0.1, -0.05) is 55.1 Å². The molecule has 1 fully saturated rings. The summed E-state index contributed by atoms with van der Waals surface area (Å²) in [5.74, 6) is -0.494. The lowest BCUT2D eigenvalue weighted by Gasteiger charge is -2.22. The zero-order valence-corrected chi connectivity index (χ0v) is 14.7. The van der Waals surface area contributed by atoms with Crippen molar-refractivity contribution >= 4 is 5.91 Å². The Bertz CT molecular complexity index is 648. The summed E-state index contributed by atoms with van der Waals surface area (Å²) in [6, 6.07) is 9.27. The highest BCUT2D eigenvalue weighted by Crippen LogP contribution is 2.30. The number of nitrogens with one attached hydrogen (secondary N) is 1. The summed E-state index contributed by atoms with van der Waals surface area (Å²) in [5, 5.41) is 22.5. The van der Waals surface area contributed by atoms with Crippen LogP contribution in [-0.2, 0) is 11.2 Å². The Kier molecular flexibility index (Phi) is 7.16. The topological polar surface area (TPSA) is 69.6 Å². The van der Waals surface area contributed by atoms with Crippen molar-refractivity contribution in [2.24, 2.45) is 5.92 Å². The molecule has 3 N–H and O–H groups in total. The lowest BCUT2D eigenvalue weighted by atomic mass is 9.95. The summed E-state index contributed by atoms with van der Waals surface area (Å²) in [5.41, 5.74) is 2.76. The van der Waals surface area contributed by atoms with Gasteiger partial charge in [-0.3, -0.25) is 4.79 Å². The van der Waals surface area contributed by atoms with E-state index in [1.807, 2.05) is 55.5 Å². The van der Waals surface area contributed by atoms with Gasteiger partial charge < -0.3 is 15.5 Å². The number of benzene rings is 1. The number of carbonyl (C=O) groups excluding carboxylic acids is 1.